The van der Waals surface area contributed by atoms with E-state index in [1.54, 1.807) is 6.07 Å². The van der Waals surface area contributed by atoms with Gasteiger partial charge in [0.25, 0.3) is 0 Å². The van der Waals surface area contributed by atoms with Crippen LogP contribution in [-0.2, 0) is 0 Å². The van der Waals surface area contributed by atoms with Crippen molar-refractivity contribution in [1.29, 1.82) is 0 Å². The monoisotopic (exact) mass is 374 g/mol. The zero-order chi connectivity index (χ0) is 19.4. The lowest BCUT2D eigenvalue weighted by atomic mass is 9.82. The van der Waals surface area contributed by atoms with Crippen LogP contribution >= 0.6 is 11.6 Å². The Kier molecular flexibility index (Phi) is 6.54. The number of likely N-dealkylation sites (N-methyl/N-ethyl adjacent to an activating group) is 1. The fraction of sp³-hybridized carbons (Fsp3) is 0.381. The van der Waals surface area contributed by atoms with Crippen LogP contribution in [0, 0.1) is 12.8 Å². The van der Waals surface area contributed by atoms with E-state index in [0.717, 1.165) is 28.8 Å². The zero-order valence-electron chi connectivity index (χ0n) is 15.8. The molecule has 2 rings (SSSR count). The molecule has 0 amide bonds. The fourth-order valence-corrected chi connectivity index (χ4v) is 3.66. The predicted octanol–water partition coefficient (Wildman–Crippen LogP) is 4.73. The minimum atomic E-state index is -0.937. The summed E-state index contributed by atoms with van der Waals surface area (Å²) >= 11 is 6.46. The third-order valence-corrected chi connectivity index (χ3v) is 4.85. The van der Waals surface area contributed by atoms with Gasteiger partial charge in [0.2, 0.25) is 0 Å². The molecule has 0 aromatic heterocycles. The highest BCUT2D eigenvalue weighted by Gasteiger charge is 2.24. The van der Waals surface area contributed by atoms with Crippen molar-refractivity contribution in [2.45, 2.75) is 32.6 Å². The summed E-state index contributed by atoms with van der Waals surface area (Å²) in [5, 5.41) is 15.8. The van der Waals surface area contributed by atoms with Crippen molar-refractivity contribution in [2.24, 2.45) is 5.92 Å². The summed E-state index contributed by atoms with van der Waals surface area (Å²) in [4.78, 5) is 11.5. The van der Waals surface area contributed by atoms with Crippen molar-refractivity contribution in [3.63, 3.8) is 0 Å². The molecule has 1 aliphatic rings. The van der Waals surface area contributed by atoms with Gasteiger partial charge in [0, 0.05) is 25.0 Å². The number of carboxylic acid groups (broad SMARTS) is 1. The summed E-state index contributed by atoms with van der Waals surface area (Å²) in [5.41, 5.74) is 6.14. The van der Waals surface area contributed by atoms with E-state index < -0.39 is 5.97 Å². The van der Waals surface area contributed by atoms with Crippen LogP contribution < -0.4 is 10.6 Å². The molecule has 1 unspecified atom stereocenters. The van der Waals surface area contributed by atoms with E-state index in [1.165, 1.54) is 5.57 Å². The topological polar surface area (TPSA) is 61.4 Å². The van der Waals surface area contributed by atoms with E-state index in [4.69, 9.17) is 11.6 Å². The largest absolute Gasteiger partial charge is 0.478 e. The minimum absolute atomic E-state index is 0.105. The highest BCUT2D eigenvalue weighted by molar-refractivity contribution is 6.22. The fourth-order valence-electron chi connectivity index (χ4n) is 3.36. The number of rotatable bonds is 7. The van der Waals surface area contributed by atoms with Gasteiger partial charge in [-0.15, -0.1) is 11.6 Å². The number of hydrogen-bond donors (Lipinski definition) is 3. The van der Waals surface area contributed by atoms with Crippen LogP contribution in [0.25, 0.3) is 0 Å². The SMILES string of the molecule is C=C(NC)C1=C(C(C)C)C(CNc2ccc(C)cc2C(=O)O)=CC(Cl)C1. The molecule has 0 saturated carbocycles. The molecule has 0 bridgehead atoms. The Balaban J connectivity index is 2.34. The van der Waals surface area contributed by atoms with Gasteiger partial charge in [-0.2, -0.15) is 0 Å². The van der Waals surface area contributed by atoms with Crippen LogP contribution in [0.5, 0.6) is 0 Å². The smallest absolute Gasteiger partial charge is 0.337 e. The number of halogens is 1. The molecule has 1 aromatic rings. The standard InChI is InChI=1S/C21H27ClN2O2/c1-12(2)20-15(9-16(22)10-17(20)14(4)23-5)11-24-19-7-6-13(3)8-18(19)21(25)26/h6-9,12,16,23-24H,4,10-11H2,1-3,5H3,(H,25,26). The van der Waals surface area contributed by atoms with Crippen LogP contribution in [0.1, 0.15) is 36.2 Å². The molecule has 3 N–H and O–H groups in total. The lowest BCUT2D eigenvalue weighted by molar-refractivity contribution is 0.0698. The molecule has 1 aliphatic carbocycles. The number of aromatic carboxylic acids is 1. The molecule has 4 nitrogen and oxygen atoms in total. The molecule has 1 aromatic carbocycles. The lowest BCUT2D eigenvalue weighted by Gasteiger charge is -2.29. The van der Waals surface area contributed by atoms with Crippen molar-refractivity contribution >= 4 is 23.3 Å². The van der Waals surface area contributed by atoms with Crippen molar-refractivity contribution in [2.75, 3.05) is 18.9 Å². The Morgan fingerprint density at radius 3 is 2.69 bits per heavy atom. The van der Waals surface area contributed by atoms with E-state index >= 15 is 0 Å². The molecule has 26 heavy (non-hydrogen) atoms. The number of anilines is 1. The van der Waals surface area contributed by atoms with E-state index in [2.05, 4.69) is 37.1 Å². The van der Waals surface area contributed by atoms with Gasteiger partial charge in [0.1, 0.15) is 0 Å². The molecule has 5 heteroatoms. The van der Waals surface area contributed by atoms with Crippen molar-refractivity contribution < 1.29 is 9.90 Å². The van der Waals surface area contributed by atoms with Crippen molar-refractivity contribution in [1.82, 2.24) is 5.32 Å². The van der Waals surface area contributed by atoms with Crippen molar-refractivity contribution in [3.05, 3.63) is 64.4 Å². The van der Waals surface area contributed by atoms with E-state index in [9.17, 15) is 9.90 Å². The minimum Gasteiger partial charge on any atom is -0.478 e. The first-order valence-electron chi connectivity index (χ1n) is 8.77. The number of alkyl halides is 1. The maximum Gasteiger partial charge on any atom is 0.337 e. The number of hydrogen-bond acceptors (Lipinski definition) is 3. The predicted molar refractivity (Wildman–Crippen MR) is 109 cm³/mol. The average molecular weight is 375 g/mol. The van der Waals surface area contributed by atoms with Crippen LogP contribution in [0.15, 0.2) is 53.3 Å². The summed E-state index contributed by atoms with van der Waals surface area (Å²) in [6, 6.07) is 5.39. The van der Waals surface area contributed by atoms with Crippen LogP contribution in [0.3, 0.4) is 0 Å². The number of carbonyl (C=O) groups is 1. The molecule has 0 fully saturated rings. The van der Waals surface area contributed by atoms with Gasteiger partial charge in [0.15, 0.2) is 0 Å². The van der Waals surface area contributed by atoms with Crippen LogP contribution in [0.4, 0.5) is 5.69 Å². The van der Waals surface area contributed by atoms with E-state index in [-0.39, 0.29) is 10.9 Å². The Morgan fingerprint density at radius 2 is 2.12 bits per heavy atom. The lowest BCUT2D eigenvalue weighted by Crippen LogP contribution is -2.22. The summed E-state index contributed by atoms with van der Waals surface area (Å²) in [5.74, 6) is -0.628. The Hall–Kier alpha value is -2.20. The third-order valence-electron chi connectivity index (χ3n) is 4.57. The molecule has 0 saturated heterocycles. The Labute approximate surface area is 160 Å². The summed E-state index contributed by atoms with van der Waals surface area (Å²) in [6.45, 7) is 10.8. The second-order valence-electron chi connectivity index (χ2n) is 6.90. The summed E-state index contributed by atoms with van der Waals surface area (Å²) in [7, 11) is 1.86. The van der Waals surface area contributed by atoms with Gasteiger partial charge in [-0.1, -0.05) is 38.1 Å². The molecule has 1 atom stereocenters. The molecular weight excluding hydrogens is 348 g/mol. The third kappa shape index (κ3) is 4.50. The van der Waals surface area contributed by atoms with Gasteiger partial charge >= 0.3 is 5.97 Å². The summed E-state index contributed by atoms with van der Waals surface area (Å²) < 4.78 is 0. The number of allylic oxidation sites excluding steroid dienone is 2. The molecule has 0 radical (unpaired) electrons. The first-order chi connectivity index (χ1) is 12.2. The first-order valence-corrected chi connectivity index (χ1v) is 9.21. The van der Waals surface area contributed by atoms with Crippen LogP contribution in [-0.4, -0.2) is 30.0 Å². The van der Waals surface area contributed by atoms with Crippen molar-refractivity contribution in [3.8, 4) is 0 Å². The molecule has 0 heterocycles. The molecule has 0 spiro atoms. The Bertz CT molecular complexity index is 778. The highest BCUT2D eigenvalue weighted by atomic mass is 35.5. The average Bonchev–Trinajstić information content (AvgIpc) is 2.58. The maximum absolute atomic E-state index is 11.5. The van der Waals surface area contributed by atoms with E-state index in [0.29, 0.717) is 18.2 Å². The van der Waals surface area contributed by atoms with Crippen LogP contribution in [0.2, 0.25) is 0 Å². The quantitative estimate of drug-likeness (QED) is 0.604. The first kappa shape index (κ1) is 20.1. The Morgan fingerprint density at radius 1 is 1.42 bits per heavy atom. The maximum atomic E-state index is 11.5. The second-order valence-corrected chi connectivity index (χ2v) is 7.46. The van der Waals surface area contributed by atoms with Gasteiger partial charge in [-0.3, -0.25) is 0 Å². The van der Waals surface area contributed by atoms with Gasteiger partial charge in [0.05, 0.1) is 10.9 Å². The summed E-state index contributed by atoms with van der Waals surface area (Å²) in [6.07, 6.45) is 2.80. The highest BCUT2D eigenvalue weighted by Crippen LogP contribution is 2.35. The number of carboxylic acids is 1. The number of benzene rings is 1. The molecule has 140 valence electrons. The normalized spacial score (nSPS) is 17.2. The number of nitrogens with one attached hydrogen (secondary N) is 2. The number of aryl methyl sites for hydroxylation is 1. The molecular formula is C21H27ClN2O2. The molecule has 0 aliphatic heterocycles. The van der Waals surface area contributed by atoms with Gasteiger partial charge in [-0.25, -0.2) is 4.79 Å². The van der Waals surface area contributed by atoms with Gasteiger partial charge < -0.3 is 15.7 Å². The van der Waals surface area contributed by atoms with Gasteiger partial charge in [-0.05, 0) is 48.1 Å². The van der Waals surface area contributed by atoms with E-state index in [1.807, 2.05) is 26.1 Å². The second kappa shape index (κ2) is 8.45. The zero-order valence-corrected chi connectivity index (χ0v) is 16.6.